The molecule has 26 heavy (non-hydrogen) atoms. The molecule has 3 rings (SSSR count). The van der Waals surface area contributed by atoms with Gasteiger partial charge >= 0.3 is 0 Å². The normalized spacial score (nSPS) is 21.2. The average Bonchev–Trinajstić information content (AvgIpc) is 3.04. The standard InChI is InChI=1S/C21H30BrNO3/c1-15(2)12-17(13-16-4-3-5-18(22)14-16)20(24)23-19-6-8-21(9-7-19)25-10-11-26-21/h3-5,14-15,17,19H,6-13H2,1-2H3,(H,23,24). The molecular weight excluding hydrogens is 394 g/mol. The first-order chi connectivity index (χ1) is 12.5. The predicted octanol–water partition coefficient (Wildman–Crippen LogP) is 4.46. The van der Waals surface area contributed by atoms with Crippen LogP contribution in [0.15, 0.2) is 28.7 Å². The van der Waals surface area contributed by atoms with E-state index in [0.717, 1.165) is 43.0 Å². The highest BCUT2D eigenvalue weighted by molar-refractivity contribution is 9.10. The number of halogens is 1. The number of carbonyl (C=O) groups is 1. The summed E-state index contributed by atoms with van der Waals surface area (Å²) in [4.78, 5) is 13.0. The second kappa shape index (κ2) is 8.85. The van der Waals surface area contributed by atoms with Gasteiger partial charge in [-0.05, 0) is 49.3 Å². The number of rotatable bonds is 6. The van der Waals surface area contributed by atoms with Crippen LogP contribution in [0.25, 0.3) is 0 Å². The van der Waals surface area contributed by atoms with Crippen molar-refractivity contribution in [2.75, 3.05) is 13.2 Å². The van der Waals surface area contributed by atoms with Gasteiger partial charge in [-0.3, -0.25) is 4.79 Å². The van der Waals surface area contributed by atoms with Crippen LogP contribution < -0.4 is 5.32 Å². The van der Waals surface area contributed by atoms with Crippen LogP contribution in [0.2, 0.25) is 0 Å². The molecule has 1 unspecified atom stereocenters. The Morgan fingerprint density at radius 3 is 2.58 bits per heavy atom. The van der Waals surface area contributed by atoms with Crippen LogP contribution in [0.5, 0.6) is 0 Å². The Labute approximate surface area is 165 Å². The molecule has 5 heteroatoms. The summed E-state index contributed by atoms with van der Waals surface area (Å²) in [7, 11) is 0. The van der Waals surface area contributed by atoms with Crippen molar-refractivity contribution in [1.29, 1.82) is 0 Å². The van der Waals surface area contributed by atoms with Crippen molar-refractivity contribution in [3.63, 3.8) is 0 Å². The van der Waals surface area contributed by atoms with Crippen molar-refractivity contribution in [3.05, 3.63) is 34.3 Å². The summed E-state index contributed by atoms with van der Waals surface area (Å²) in [6.45, 7) is 5.75. The van der Waals surface area contributed by atoms with Gasteiger partial charge in [-0.1, -0.05) is 41.9 Å². The van der Waals surface area contributed by atoms with E-state index >= 15 is 0 Å². The van der Waals surface area contributed by atoms with Gasteiger partial charge in [-0.25, -0.2) is 0 Å². The van der Waals surface area contributed by atoms with Crippen molar-refractivity contribution in [2.45, 2.75) is 64.2 Å². The molecule has 0 radical (unpaired) electrons. The highest BCUT2D eigenvalue weighted by atomic mass is 79.9. The molecule has 1 aliphatic heterocycles. The third kappa shape index (κ3) is 5.30. The largest absolute Gasteiger partial charge is 0.353 e. The van der Waals surface area contributed by atoms with E-state index in [9.17, 15) is 4.79 Å². The molecule has 1 amide bonds. The summed E-state index contributed by atoms with van der Waals surface area (Å²) in [5, 5.41) is 3.30. The fourth-order valence-electron chi connectivity index (χ4n) is 4.11. The Hall–Kier alpha value is -0.910. The minimum absolute atomic E-state index is 0.0131. The zero-order chi connectivity index (χ0) is 18.6. The van der Waals surface area contributed by atoms with Crippen LogP contribution in [0.3, 0.4) is 0 Å². The second-order valence-electron chi connectivity index (χ2n) is 8.05. The van der Waals surface area contributed by atoms with E-state index in [1.165, 1.54) is 5.56 Å². The van der Waals surface area contributed by atoms with Crippen LogP contribution in [0.4, 0.5) is 0 Å². The van der Waals surface area contributed by atoms with Crippen molar-refractivity contribution in [3.8, 4) is 0 Å². The SMILES string of the molecule is CC(C)CC(Cc1cccc(Br)c1)C(=O)NC1CCC2(CC1)OCCO2. The van der Waals surface area contributed by atoms with E-state index in [1.807, 2.05) is 12.1 Å². The molecule has 1 aromatic rings. The number of ether oxygens (including phenoxy) is 2. The highest BCUT2D eigenvalue weighted by Crippen LogP contribution is 2.36. The maximum Gasteiger partial charge on any atom is 0.223 e. The molecule has 1 N–H and O–H groups in total. The summed E-state index contributed by atoms with van der Waals surface area (Å²) in [6, 6.07) is 8.50. The molecular formula is C21H30BrNO3. The third-order valence-electron chi connectivity index (χ3n) is 5.41. The van der Waals surface area contributed by atoms with E-state index < -0.39 is 0 Å². The van der Waals surface area contributed by atoms with Gasteiger partial charge in [-0.2, -0.15) is 0 Å². The topological polar surface area (TPSA) is 47.6 Å². The molecule has 2 aliphatic rings. The number of amides is 1. The Balaban J connectivity index is 1.57. The van der Waals surface area contributed by atoms with E-state index in [2.05, 4.69) is 47.2 Å². The van der Waals surface area contributed by atoms with Crippen LogP contribution in [-0.2, 0) is 20.7 Å². The predicted molar refractivity (Wildman–Crippen MR) is 106 cm³/mol. The van der Waals surface area contributed by atoms with Crippen LogP contribution >= 0.6 is 15.9 Å². The van der Waals surface area contributed by atoms with Crippen LogP contribution in [0, 0.1) is 11.8 Å². The number of hydrogen-bond donors (Lipinski definition) is 1. The fraction of sp³-hybridized carbons (Fsp3) is 0.667. The van der Waals surface area contributed by atoms with Gasteiger partial charge < -0.3 is 14.8 Å². The minimum atomic E-state index is -0.366. The number of hydrogen-bond acceptors (Lipinski definition) is 3. The van der Waals surface area contributed by atoms with E-state index in [-0.39, 0.29) is 23.7 Å². The molecule has 1 saturated carbocycles. The highest BCUT2D eigenvalue weighted by Gasteiger charge is 2.40. The third-order valence-corrected chi connectivity index (χ3v) is 5.90. The van der Waals surface area contributed by atoms with Crippen molar-refractivity contribution in [1.82, 2.24) is 5.32 Å². The number of carbonyl (C=O) groups excluding carboxylic acids is 1. The van der Waals surface area contributed by atoms with Crippen molar-refractivity contribution < 1.29 is 14.3 Å². The molecule has 1 aliphatic carbocycles. The van der Waals surface area contributed by atoms with E-state index in [1.54, 1.807) is 0 Å². The van der Waals surface area contributed by atoms with Gasteiger partial charge in [0.1, 0.15) is 0 Å². The van der Waals surface area contributed by atoms with Crippen LogP contribution in [0.1, 0.15) is 51.5 Å². The Kier molecular flexibility index (Phi) is 6.76. The zero-order valence-corrected chi connectivity index (χ0v) is 17.4. The van der Waals surface area contributed by atoms with Crippen molar-refractivity contribution in [2.24, 2.45) is 11.8 Å². The maximum atomic E-state index is 13.0. The summed E-state index contributed by atoms with van der Waals surface area (Å²) in [5.41, 5.74) is 1.20. The van der Waals surface area contributed by atoms with Gasteiger partial charge in [-0.15, -0.1) is 0 Å². The maximum absolute atomic E-state index is 13.0. The summed E-state index contributed by atoms with van der Waals surface area (Å²) >= 11 is 3.52. The number of nitrogens with one attached hydrogen (secondary N) is 1. The number of benzene rings is 1. The van der Waals surface area contributed by atoms with Gasteiger partial charge in [0.25, 0.3) is 0 Å². The first-order valence-corrected chi connectivity index (χ1v) is 10.6. The molecule has 144 valence electrons. The smallest absolute Gasteiger partial charge is 0.223 e. The summed E-state index contributed by atoms with van der Waals surface area (Å²) in [6.07, 6.45) is 5.29. The molecule has 1 spiro atoms. The molecule has 0 bridgehead atoms. The fourth-order valence-corrected chi connectivity index (χ4v) is 4.55. The molecule has 1 aromatic carbocycles. The first kappa shape index (κ1) is 19.8. The van der Waals surface area contributed by atoms with Crippen molar-refractivity contribution >= 4 is 21.8 Å². The lowest BCUT2D eigenvalue weighted by atomic mass is 9.87. The Bertz CT molecular complexity index is 603. The average molecular weight is 424 g/mol. The molecule has 2 fully saturated rings. The lowest BCUT2D eigenvalue weighted by Gasteiger charge is -2.36. The molecule has 4 nitrogen and oxygen atoms in total. The van der Waals surface area contributed by atoms with Gasteiger partial charge in [0, 0.05) is 29.3 Å². The zero-order valence-electron chi connectivity index (χ0n) is 15.8. The van der Waals surface area contributed by atoms with Gasteiger partial charge in [0.15, 0.2) is 5.79 Å². The first-order valence-electron chi connectivity index (χ1n) is 9.78. The lowest BCUT2D eigenvalue weighted by Crippen LogP contribution is -2.46. The van der Waals surface area contributed by atoms with Gasteiger partial charge in [0.2, 0.25) is 5.91 Å². The van der Waals surface area contributed by atoms with E-state index in [0.29, 0.717) is 19.1 Å². The van der Waals surface area contributed by atoms with Gasteiger partial charge in [0.05, 0.1) is 13.2 Å². The second-order valence-corrected chi connectivity index (χ2v) is 8.97. The minimum Gasteiger partial charge on any atom is -0.353 e. The quantitative estimate of drug-likeness (QED) is 0.734. The molecule has 1 atom stereocenters. The van der Waals surface area contributed by atoms with E-state index in [4.69, 9.17) is 9.47 Å². The monoisotopic (exact) mass is 423 g/mol. The Morgan fingerprint density at radius 2 is 1.96 bits per heavy atom. The molecule has 1 saturated heterocycles. The summed E-state index contributed by atoms with van der Waals surface area (Å²) < 4.78 is 12.6. The molecule has 1 heterocycles. The molecule has 0 aromatic heterocycles. The van der Waals surface area contributed by atoms with Crippen LogP contribution in [-0.4, -0.2) is 30.9 Å². The Morgan fingerprint density at radius 1 is 1.27 bits per heavy atom. The lowest BCUT2D eigenvalue weighted by molar-refractivity contribution is -0.180. The summed E-state index contributed by atoms with van der Waals surface area (Å²) in [5.74, 6) is 0.328.